The van der Waals surface area contributed by atoms with E-state index in [9.17, 15) is 19.6 Å². The second-order valence-electron chi connectivity index (χ2n) is 11.4. The number of pyridine rings is 1. The van der Waals surface area contributed by atoms with Gasteiger partial charge in [0.2, 0.25) is 0 Å². The minimum atomic E-state index is -0.784. The molecule has 2 saturated heterocycles. The number of ether oxygens (including phenoxy) is 3. The highest BCUT2D eigenvalue weighted by Gasteiger charge is 2.52. The van der Waals surface area contributed by atoms with Gasteiger partial charge in [-0.1, -0.05) is 0 Å². The van der Waals surface area contributed by atoms with Crippen molar-refractivity contribution >= 4 is 28.7 Å². The molecule has 3 fully saturated rings. The van der Waals surface area contributed by atoms with Crippen molar-refractivity contribution in [3.05, 3.63) is 39.4 Å². The van der Waals surface area contributed by atoms with Crippen LogP contribution in [0.4, 0.5) is 14.9 Å². The number of halogens is 1. The summed E-state index contributed by atoms with van der Waals surface area (Å²) >= 11 is 0. The molecular formula is C28H33FN4O6. The third-order valence-corrected chi connectivity index (χ3v) is 7.51. The minimum Gasteiger partial charge on any atom is -0.461 e. The standard InChI is InChI=1S/C28H33FN4O6/c1-5-37-25(35)21-11-22(34)18-10-20(29)24(19(12-30)23(18)33(21)17-6-7-17)32-13-16-8-9-38-28(16,15-32)14-31-26(36)39-27(2,3)4/h10-11,16-17H,5-9,13-15H2,1-4H3,(H,31,36)/t16-,28-/m1/s1. The first-order valence-electron chi connectivity index (χ1n) is 13.3. The summed E-state index contributed by atoms with van der Waals surface area (Å²) in [5.74, 6) is -1.38. The maximum atomic E-state index is 15.8. The van der Waals surface area contributed by atoms with Gasteiger partial charge in [-0.15, -0.1) is 0 Å². The Morgan fingerprint density at radius 2 is 2.03 bits per heavy atom. The van der Waals surface area contributed by atoms with Crippen LogP contribution in [0.15, 0.2) is 16.9 Å². The predicted octanol–water partition coefficient (Wildman–Crippen LogP) is 3.64. The molecule has 10 nitrogen and oxygen atoms in total. The molecule has 1 aromatic heterocycles. The van der Waals surface area contributed by atoms with E-state index in [1.807, 2.05) is 0 Å². The van der Waals surface area contributed by atoms with Crippen LogP contribution in [0.3, 0.4) is 0 Å². The average molecular weight is 541 g/mol. The molecule has 1 saturated carbocycles. The third kappa shape index (κ3) is 4.93. The van der Waals surface area contributed by atoms with Crippen LogP contribution in [0.25, 0.3) is 10.9 Å². The van der Waals surface area contributed by atoms with Crippen molar-refractivity contribution in [2.75, 3.05) is 37.7 Å². The number of nitrogens with zero attached hydrogens (tertiary/aromatic N) is 3. The first kappa shape index (κ1) is 26.9. The molecule has 3 heterocycles. The van der Waals surface area contributed by atoms with E-state index in [2.05, 4.69) is 11.4 Å². The molecule has 5 rings (SSSR count). The van der Waals surface area contributed by atoms with Gasteiger partial charge < -0.3 is 29.0 Å². The smallest absolute Gasteiger partial charge is 0.407 e. The zero-order valence-corrected chi connectivity index (χ0v) is 22.6. The van der Waals surface area contributed by atoms with Gasteiger partial charge in [0.1, 0.15) is 34.3 Å². The van der Waals surface area contributed by atoms with Crippen LogP contribution in [0.2, 0.25) is 0 Å². The Morgan fingerprint density at radius 1 is 1.28 bits per heavy atom. The number of amides is 1. The molecule has 1 aromatic carbocycles. The summed E-state index contributed by atoms with van der Waals surface area (Å²) in [6, 6.07) is 4.37. The second-order valence-corrected chi connectivity index (χ2v) is 11.4. The van der Waals surface area contributed by atoms with Gasteiger partial charge in [0.25, 0.3) is 0 Å². The Bertz CT molecular complexity index is 1440. The minimum absolute atomic E-state index is 0.00428. The number of anilines is 1. The van der Waals surface area contributed by atoms with Gasteiger partial charge in [-0.2, -0.15) is 5.26 Å². The number of hydrogen-bond acceptors (Lipinski definition) is 8. The Balaban J connectivity index is 1.56. The number of aromatic nitrogens is 1. The number of carbonyl (C=O) groups excluding carboxylic acids is 2. The van der Waals surface area contributed by atoms with E-state index in [0.717, 1.165) is 18.9 Å². The monoisotopic (exact) mass is 540 g/mol. The van der Waals surface area contributed by atoms with Crippen molar-refractivity contribution in [2.24, 2.45) is 5.92 Å². The highest BCUT2D eigenvalue weighted by atomic mass is 19.1. The number of alkyl carbamates (subject to hydrolysis) is 1. The first-order valence-corrected chi connectivity index (χ1v) is 13.3. The van der Waals surface area contributed by atoms with Gasteiger partial charge >= 0.3 is 12.1 Å². The molecule has 0 unspecified atom stereocenters. The summed E-state index contributed by atoms with van der Waals surface area (Å²) < 4.78 is 34.1. The fraction of sp³-hybridized carbons (Fsp3) is 0.571. The summed E-state index contributed by atoms with van der Waals surface area (Å²) in [4.78, 5) is 39.9. The quantitative estimate of drug-likeness (QED) is 0.551. The largest absolute Gasteiger partial charge is 0.461 e. The highest BCUT2D eigenvalue weighted by molar-refractivity contribution is 5.96. The summed E-state index contributed by atoms with van der Waals surface area (Å²) in [6.07, 6.45) is 1.67. The normalized spacial score (nSPS) is 22.5. The van der Waals surface area contributed by atoms with Crippen LogP contribution in [0.5, 0.6) is 0 Å². The van der Waals surface area contributed by atoms with Crippen LogP contribution < -0.4 is 15.6 Å². The van der Waals surface area contributed by atoms with Gasteiger partial charge in [0, 0.05) is 37.7 Å². The highest BCUT2D eigenvalue weighted by Crippen LogP contribution is 2.45. The lowest BCUT2D eigenvalue weighted by molar-refractivity contribution is -0.000271. The molecule has 2 atom stereocenters. The molecule has 208 valence electrons. The van der Waals surface area contributed by atoms with Crippen molar-refractivity contribution in [3.8, 4) is 6.07 Å². The van der Waals surface area contributed by atoms with Crippen LogP contribution in [0, 0.1) is 23.1 Å². The lowest BCUT2D eigenvalue weighted by Gasteiger charge is -2.30. The van der Waals surface area contributed by atoms with Gasteiger partial charge in [-0.25, -0.2) is 14.0 Å². The van der Waals surface area contributed by atoms with E-state index < -0.39 is 34.5 Å². The van der Waals surface area contributed by atoms with E-state index in [0.29, 0.717) is 19.6 Å². The topological polar surface area (TPSA) is 123 Å². The van der Waals surface area contributed by atoms with Crippen LogP contribution in [-0.2, 0) is 14.2 Å². The molecule has 11 heteroatoms. The molecule has 2 aromatic rings. The van der Waals surface area contributed by atoms with Gasteiger partial charge in [-0.05, 0) is 53.0 Å². The van der Waals surface area contributed by atoms with Gasteiger partial charge in [-0.3, -0.25) is 4.79 Å². The van der Waals surface area contributed by atoms with E-state index in [4.69, 9.17) is 14.2 Å². The summed E-state index contributed by atoms with van der Waals surface area (Å²) in [6.45, 7) is 8.43. The van der Waals surface area contributed by atoms with E-state index in [1.54, 1.807) is 37.2 Å². The summed E-state index contributed by atoms with van der Waals surface area (Å²) in [5.41, 5.74) is -1.63. The Kier molecular flexibility index (Phi) is 6.79. The van der Waals surface area contributed by atoms with Crippen LogP contribution >= 0.6 is 0 Å². The Morgan fingerprint density at radius 3 is 2.67 bits per heavy atom. The third-order valence-electron chi connectivity index (χ3n) is 7.51. The summed E-state index contributed by atoms with van der Waals surface area (Å²) in [5, 5.41) is 13.2. The molecule has 2 aliphatic heterocycles. The maximum Gasteiger partial charge on any atom is 0.407 e. The summed E-state index contributed by atoms with van der Waals surface area (Å²) in [7, 11) is 0. The molecule has 3 aliphatic rings. The number of nitriles is 1. The first-order chi connectivity index (χ1) is 18.5. The Labute approximate surface area is 225 Å². The SMILES string of the molecule is CCOC(=O)c1cc(=O)c2cc(F)c(N3C[C@H]4CCO[C@]4(CNC(=O)OC(C)(C)C)C3)c(C#N)c2n1C1CC1. The van der Waals surface area contributed by atoms with Crippen molar-refractivity contribution in [1.29, 1.82) is 5.26 Å². The zero-order chi connectivity index (χ0) is 28.1. The number of rotatable bonds is 6. The fourth-order valence-electron chi connectivity index (χ4n) is 5.78. The lowest BCUT2D eigenvalue weighted by Crippen LogP contribution is -2.49. The van der Waals surface area contributed by atoms with Gasteiger partial charge in [0.15, 0.2) is 5.43 Å². The molecule has 39 heavy (non-hydrogen) atoms. The van der Waals surface area contributed by atoms with Crippen molar-refractivity contribution in [2.45, 2.75) is 64.2 Å². The average Bonchev–Trinajstić information content (AvgIpc) is 3.52. The number of carbonyl (C=O) groups is 2. The Hall–Kier alpha value is -3.65. The van der Waals surface area contributed by atoms with E-state index in [1.165, 1.54) is 6.07 Å². The van der Waals surface area contributed by atoms with Gasteiger partial charge in [0.05, 0.1) is 29.7 Å². The number of hydrogen-bond donors (Lipinski definition) is 1. The van der Waals surface area contributed by atoms with Crippen LogP contribution in [0.1, 0.15) is 69.1 Å². The molecule has 1 aliphatic carbocycles. The van der Waals surface area contributed by atoms with Crippen LogP contribution in [-0.4, -0.2) is 60.7 Å². The van der Waals surface area contributed by atoms with E-state index in [-0.39, 0.29) is 59.5 Å². The number of nitrogens with one attached hydrogen (secondary N) is 1. The molecular weight excluding hydrogens is 507 g/mol. The van der Waals surface area contributed by atoms with E-state index >= 15 is 4.39 Å². The number of esters is 1. The molecule has 0 spiro atoms. The van der Waals surface area contributed by atoms with Crippen molar-refractivity contribution in [1.82, 2.24) is 9.88 Å². The van der Waals surface area contributed by atoms with Crippen molar-refractivity contribution in [3.63, 3.8) is 0 Å². The number of benzene rings is 1. The molecule has 1 amide bonds. The zero-order valence-electron chi connectivity index (χ0n) is 22.6. The molecule has 1 N–H and O–H groups in total. The van der Waals surface area contributed by atoms with Crippen molar-refractivity contribution < 1.29 is 28.2 Å². The number of fused-ring (bicyclic) bond motifs is 2. The molecule has 0 bridgehead atoms. The maximum absolute atomic E-state index is 15.8. The fourth-order valence-corrected chi connectivity index (χ4v) is 5.78. The molecule has 0 radical (unpaired) electrons. The lowest BCUT2D eigenvalue weighted by atomic mass is 9.91. The second kappa shape index (κ2) is 9.83. The predicted molar refractivity (Wildman–Crippen MR) is 140 cm³/mol.